The van der Waals surface area contributed by atoms with Crippen molar-refractivity contribution in [2.75, 3.05) is 7.11 Å². The van der Waals surface area contributed by atoms with E-state index in [1.165, 1.54) is 4.90 Å². The van der Waals surface area contributed by atoms with Crippen LogP contribution in [0, 0.1) is 6.92 Å². The summed E-state index contributed by atoms with van der Waals surface area (Å²) in [4.78, 5) is 31.7. The van der Waals surface area contributed by atoms with Gasteiger partial charge in [0, 0.05) is 24.5 Å². The van der Waals surface area contributed by atoms with Crippen LogP contribution in [0.5, 0.6) is 5.75 Å². The predicted octanol–water partition coefficient (Wildman–Crippen LogP) is 4.02. The molecule has 4 rings (SSSR count). The van der Waals surface area contributed by atoms with E-state index in [1.807, 2.05) is 43.3 Å². The molecule has 2 aromatic carbocycles. The van der Waals surface area contributed by atoms with Crippen molar-refractivity contribution in [3.63, 3.8) is 0 Å². The molecule has 0 radical (unpaired) electrons. The molecule has 1 N–H and O–H groups in total. The Morgan fingerprint density at radius 1 is 1.10 bits per heavy atom. The quantitative estimate of drug-likeness (QED) is 0.388. The molecule has 1 aromatic heterocycles. The number of carbonyl (C=O) groups excluding carboxylic acids is 2. The standard InChI is InChI=1S/C25H22N2O4/c1-16-13-19(31-2)10-11-20(16)23(28)21-22(18-8-4-3-5-9-18)27(25(30)24(21)29)15-17-7-6-12-26-14-17/h3-14,22,28H,15H2,1-2H3/b23-21+/t22-/m0/s1. The molecular weight excluding hydrogens is 392 g/mol. The molecule has 2 heterocycles. The lowest BCUT2D eigenvalue weighted by molar-refractivity contribution is -0.140. The predicted molar refractivity (Wildman–Crippen MR) is 116 cm³/mol. The zero-order chi connectivity index (χ0) is 22.0. The van der Waals surface area contributed by atoms with E-state index in [4.69, 9.17) is 4.74 Å². The number of hydrogen-bond donors (Lipinski definition) is 1. The minimum absolute atomic E-state index is 0.0772. The molecule has 1 aliphatic rings. The van der Waals surface area contributed by atoms with Crippen LogP contribution >= 0.6 is 0 Å². The maximum absolute atomic E-state index is 13.1. The van der Waals surface area contributed by atoms with E-state index in [9.17, 15) is 14.7 Å². The van der Waals surface area contributed by atoms with Crippen molar-refractivity contribution in [3.8, 4) is 5.75 Å². The summed E-state index contributed by atoms with van der Waals surface area (Å²) in [5.74, 6) is -0.900. The normalized spacial score (nSPS) is 17.7. The number of pyridine rings is 1. The van der Waals surface area contributed by atoms with Crippen molar-refractivity contribution >= 4 is 17.4 Å². The molecule has 1 atom stereocenters. The number of hydrogen-bond acceptors (Lipinski definition) is 5. The summed E-state index contributed by atoms with van der Waals surface area (Å²) in [6, 6.07) is 17.4. The Bertz CT molecular complexity index is 1160. The highest BCUT2D eigenvalue weighted by molar-refractivity contribution is 6.46. The molecule has 0 spiro atoms. The van der Waals surface area contributed by atoms with Crippen LogP contribution in [0.15, 0.2) is 78.6 Å². The number of carbonyl (C=O) groups is 2. The minimum Gasteiger partial charge on any atom is -0.507 e. The first-order valence-corrected chi connectivity index (χ1v) is 9.88. The van der Waals surface area contributed by atoms with Crippen molar-refractivity contribution in [1.29, 1.82) is 0 Å². The molecule has 0 saturated carbocycles. The number of Topliss-reactive ketones (excluding diaryl/α,β-unsaturated/α-hetero) is 1. The first-order valence-electron chi connectivity index (χ1n) is 9.88. The van der Waals surface area contributed by atoms with E-state index in [-0.39, 0.29) is 17.9 Å². The summed E-state index contributed by atoms with van der Waals surface area (Å²) >= 11 is 0. The van der Waals surface area contributed by atoms with Gasteiger partial charge in [-0.05, 0) is 47.9 Å². The van der Waals surface area contributed by atoms with Gasteiger partial charge in [0.1, 0.15) is 11.5 Å². The Balaban J connectivity index is 1.86. The summed E-state index contributed by atoms with van der Waals surface area (Å²) in [6.07, 6.45) is 3.31. The highest BCUT2D eigenvalue weighted by Crippen LogP contribution is 2.40. The van der Waals surface area contributed by atoms with Gasteiger partial charge < -0.3 is 14.7 Å². The van der Waals surface area contributed by atoms with Crippen LogP contribution in [-0.4, -0.2) is 33.8 Å². The monoisotopic (exact) mass is 414 g/mol. The first kappa shape index (κ1) is 20.3. The second kappa shape index (κ2) is 8.44. The molecule has 1 amide bonds. The van der Waals surface area contributed by atoms with Crippen LogP contribution in [0.1, 0.15) is 28.3 Å². The number of ether oxygens (including phenoxy) is 1. The number of benzene rings is 2. The number of likely N-dealkylation sites (tertiary alicyclic amines) is 1. The van der Waals surface area contributed by atoms with Crippen molar-refractivity contribution in [3.05, 3.63) is 101 Å². The van der Waals surface area contributed by atoms with Gasteiger partial charge in [0.15, 0.2) is 0 Å². The number of aliphatic hydroxyl groups is 1. The van der Waals surface area contributed by atoms with Gasteiger partial charge in [-0.15, -0.1) is 0 Å². The molecule has 6 heteroatoms. The molecular formula is C25H22N2O4. The van der Waals surface area contributed by atoms with Gasteiger partial charge in [0.05, 0.1) is 18.7 Å². The van der Waals surface area contributed by atoms with E-state index in [2.05, 4.69) is 4.98 Å². The van der Waals surface area contributed by atoms with E-state index < -0.39 is 17.7 Å². The van der Waals surface area contributed by atoms with E-state index in [1.54, 1.807) is 43.8 Å². The smallest absolute Gasteiger partial charge is 0.295 e. The SMILES string of the molecule is COc1ccc(/C(O)=C2\C(=O)C(=O)N(Cc3cccnc3)[C@H]2c2ccccc2)c(C)c1. The van der Waals surface area contributed by atoms with E-state index in [0.29, 0.717) is 11.3 Å². The van der Waals surface area contributed by atoms with Crippen molar-refractivity contribution < 1.29 is 19.4 Å². The van der Waals surface area contributed by atoms with Crippen LogP contribution in [-0.2, 0) is 16.1 Å². The molecule has 0 bridgehead atoms. The largest absolute Gasteiger partial charge is 0.507 e. The third kappa shape index (κ3) is 3.80. The van der Waals surface area contributed by atoms with Crippen LogP contribution in [0.3, 0.4) is 0 Å². The lowest BCUT2D eigenvalue weighted by Crippen LogP contribution is -2.29. The average Bonchev–Trinajstić information content (AvgIpc) is 3.04. The maximum atomic E-state index is 13.1. The van der Waals surface area contributed by atoms with Crippen LogP contribution < -0.4 is 4.74 Å². The summed E-state index contributed by atoms with van der Waals surface area (Å²) in [6.45, 7) is 2.02. The lowest BCUT2D eigenvalue weighted by Gasteiger charge is -2.25. The van der Waals surface area contributed by atoms with Gasteiger partial charge in [0.25, 0.3) is 11.7 Å². The fourth-order valence-electron chi connectivity index (χ4n) is 3.89. The lowest BCUT2D eigenvalue weighted by atomic mass is 9.94. The Hall–Kier alpha value is -3.93. The van der Waals surface area contributed by atoms with Crippen molar-refractivity contribution in [1.82, 2.24) is 9.88 Å². The van der Waals surface area contributed by atoms with Crippen LogP contribution in [0.2, 0.25) is 0 Å². The molecule has 1 saturated heterocycles. The summed E-state index contributed by atoms with van der Waals surface area (Å²) in [5, 5.41) is 11.2. The number of methoxy groups -OCH3 is 1. The third-order valence-corrected chi connectivity index (χ3v) is 5.42. The van der Waals surface area contributed by atoms with Gasteiger partial charge in [-0.1, -0.05) is 36.4 Å². The second-order valence-electron chi connectivity index (χ2n) is 7.38. The zero-order valence-corrected chi connectivity index (χ0v) is 17.3. The Morgan fingerprint density at radius 3 is 2.52 bits per heavy atom. The van der Waals surface area contributed by atoms with Gasteiger partial charge >= 0.3 is 0 Å². The molecule has 0 unspecified atom stereocenters. The van der Waals surface area contributed by atoms with Gasteiger partial charge in [-0.25, -0.2) is 0 Å². The molecule has 31 heavy (non-hydrogen) atoms. The summed E-state index contributed by atoms with van der Waals surface area (Å²) in [7, 11) is 1.56. The van der Waals surface area contributed by atoms with Gasteiger partial charge in [-0.2, -0.15) is 0 Å². The third-order valence-electron chi connectivity index (χ3n) is 5.42. The average molecular weight is 414 g/mol. The number of nitrogens with zero attached hydrogens (tertiary/aromatic N) is 2. The highest BCUT2D eigenvalue weighted by Gasteiger charge is 2.46. The fourth-order valence-corrected chi connectivity index (χ4v) is 3.89. The van der Waals surface area contributed by atoms with Gasteiger partial charge in [0.2, 0.25) is 0 Å². The maximum Gasteiger partial charge on any atom is 0.295 e. The molecule has 156 valence electrons. The Morgan fingerprint density at radius 2 is 1.87 bits per heavy atom. The Labute approximate surface area is 180 Å². The molecule has 1 aliphatic heterocycles. The summed E-state index contributed by atoms with van der Waals surface area (Å²) < 4.78 is 5.23. The minimum atomic E-state index is -0.706. The number of aromatic nitrogens is 1. The highest BCUT2D eigenvalue weighted by atomic mass is 16.5. The molecule has 1 fully saturated rings. The Kier molecular flexibility index (Phi) is 5.54. The van der Waals surface area contributed by atoms with Crippen molar-refractivity contribution in [2.45, 2.75) is 19.5 Å². The van der Waals surface area contributed by atoms with Crippen LogP contribution in [0.4, 0.5) is 0 Å². The van der Waals surface area contributed by atoms with Crippen molar-refractivity contribution in [2.24, 2.45) is 0 Å². The molecule has 0 aliphatic carbocycles. The molecule has 3 aromatic rings. The zero-order valence-electron chi connectivity index (χ0n) is 17.3. The van der Waals surface area contributed by atoms with Crippen LogP contribution in [0.25, 0.3) is 5.76 Å². The van der Waals surface area contributed by atoms with Gasteiger partial charge in [-0.3, -0.25) is 14.6 Å². The number of ketones is 1. The number of aliphatic hydroxyl groups excluding tert-OH is 1. The van der Waals surface area contributed by atoms with E-state index >= 15 is 0 Å². The fraction of sp³-hybridized carbons (Fsp3) is 0.160. The number of aryl methyl sites for hydroxylation is 1. The second-order valence-corrected chi connectivity index (χ2v) is 7.38. The summed E-state index contributed by atoms with van der Waals surface area (Å²) in [5.41, 5.74) is 2.85. The van der Waals surface area contributed by atoms with E-state index in [0.717, 1.165) is 16.7 Å². The topological polar surface area (TPSA) is 79.7 Å². The first-order chi connectivity index (χ1) is 15.0. The molecule has 6 nitrogen and oxygen atoms in total. The number of amides is 1. The number of rotatable bonds is 5.